The number of amides is 1. The molecule has 108 valence electrons. The van der Waals surface area contributed by atoms with Crippen molar-refractivity contribution in [2.24, 2.45) is 7.05 Å². The summed E-state index contributed by atoms with van der Waals surface area (Å²) in [6.45, 7) is 0. The number of hydrogen-bond acceptors (Lipinski definition) is 4. The molecule has 1 aliphatic rings. The van der Waals surface area contributed by atoms with Crippen LogP contribution in [0.1, 0.15) is 23.5 Å². The van der Waals surface area contributed by atoms with Gasteiger partial charge in [-0.1, -0.05) is 42.1 Å². The molecular weight excluding hydrogens is 286 g/mol. The summed E-state index contributed by atoms with van der Waals surface area (Å²) in [7, 11) is 1.81. The zero-order chi connectivity index (χ0) is 15.0. The first-order chi connectivity index (χ1) is 10.1. The molecule has 1 aliphatic heterocycles. The second-order valence-electron chi connectivity index (χ2n) is 4.94. The quantitative estimate of drug-likeness (QED) is 0.680. The first kappa shape index (κ1) is 13.9. The lowest BCUT2D eigenvalue weighted by molar-refractivity contribution is -0.116. The summed E-state index contributed by atoms with van der Waals surface area (Å²) in [5.74, 6) is 0.242. The Balaban J connectivity index is 2.24. The highest BCUT2D eigenvalue weighted by Crippen LogP contribution is 2.35. The second-order valence-corrected chi connectivity index (χ2v) is 5.71. The van der Waals surface area contributed by atoms with E-state index in [0.717, 1.165) is 5.56 Å². The van der Waals surface area contributed by atoms with Crippen LogP contribution in [0.2, 0.25) is 0 Å². The van der Waals surface area contributed by atoms with E-state index in [0.29, 0.717) is 16.5 Å². The lowest BCUT2D eigenvalue weighted by atomic mass is 9.87. The van der Waals surface area contributed by atoms with Crippen molar-refractivity contribution in [1.82, 2.24) is 9.55 Å². The third kappa shape index (κ3) is 2.35. The zero-order valence-electron chi connectivity index (χ0n) is 11.8. The number of aromatic nitrogens is 2. The number of benzene rings is 1. The Bertz CT molecular complexity index is 756. The van der Waals surface area contributed by atoms with Crippen LogP contribution in [0, 0.1) is 0 Å². The Kier molecular flexibility index (Phi) is 3.55. The van der Waals surface area contributed by atoms with Crippen LogP contribution < -0.4 is 10.9 Å². The molecule has 0 saturated carbocycles. The highest BCUT2D eigenvalue weighted by molar-refractivity contribution is 7.98. The van der Waals surface area contributed by atoms with Crippen LogP contribution in [0.25, 0.3) is 0 Å². The first-order valence-electron chi connectivity index (χ1n) is 6.61. The van der Waals surface area contributed by atoms with E-state index in [1.165, 1.54) is 11.8 Å². The molecule has 0 spiro atoms. The smallest absolute Gasteiger partial charge is 0.279 e. The molecule has 3 rings (SSSR count). The van der Waals surface area contributed by atoms with E-state index in [1.54, 1.807) is 4.57 Å². The summed E-state index contributed by atoms with van der Waals surface area (Å²) in [5, 5.41) is 3.40. The van der Waals surface area contributed by atoms with Gasteiger partial charge in [0.1, 0.15) is 5.82 Å². The fraction of sp³-hybridized carbons (Fsp3) is 0.267. The lowest BCUT2D eigenvalue weighted by Gasteiger charge is -2.27. The van der Waals surface area contributed by atoms with E-state index in [9.17, 15) is 9.59 Å². The van der Waals surface area contributed by atoms with E-state index in [4.69, 9.17) is 0 Å². The molecule has 0 aliphatic carbocycles. The van der Waals surface area contributed by atoms with Gasteiger partial charge in [0.05, 0.1) is 5.56 Å². The molecule has 1 atom stereocenters. The van der Waals surface area contributed by atoms with E-state index in [2.05, 4.69) is 10.3 Å². The Hall–Kier alpha value is -2.08. The Morgan fingerprint density at radius 1 is 1.29 bits per heavy atom. The van der Waals surface area contributed by atoms with Gasteiger partial charge in [0.2, 0.25) is 5.91 Å². The highest BCUT2D eigenvalue weighted by Gasteiger charge is 2.31. The van der Waals surface area contributed by atoms with Gasteiger partial charge < -0.3 is 9.88 Å². The van der Waals surface area contributed by atoms with Gasteiger partial charge in [-0.05, 0) is 11.8 Å². The summed E-state index contributed by atoms with van der Waals surface area (Å²) in [6, 6.07) is 9.62. The average Bonchev–Trinajstić information content (AvgIpc) is 2.50. The molecule has 1 N–H and O–H groups in total. The summed E-state index contributed by atoms with van der Waals surface area (Å²) in [5.41, 5.74) is 1.27. The molecule has 0 fully saturated rings. The van der Waals surface area contributed by atoms with Crippen molar-refractivity contribution in [3.05, 3.63) is 51.8 Å². The standard InChI is InChI=1S/C15H15N3O2S/c1-18-13-12(14(20)17-15(18)21-2)10(8-11(19)16-13)9-6-4-3-5-7-9/h3-7,10H,8H2,1-2H3,(H,16,19). The Morgan fingerprint density at radius 3 is 2.67 bits per heavy atom. The molecule has 1 amide bonds. The third-order valence-corrected chi connectivity index (χ3v) is 4.42. The SMILES string of the molecule is CSc1nc(=O)c2c(n1C)NC(=O)CC2c1ccccc1. The van der Waals surface area contributed by atoms with E-state index >= 15 is 0 Å². The van der Waals surface area contributed by atoms with Crippen molar-refractivity contribution in [2.45, 2.75) is 17.5 Å². The Labute approximate surface area is 126 Å². The minimum atomic E-state index is -0.263. The van der Waals surface area contributed by atoms with Crippen molar-refractivity contribution in [3.8, 4) is 0 Å². The summed E-state index contributed by atoms with van der Waals surface area (Å²) in [4.78, 5) is 28.5. The van der Waals surface area contributed by atoms with E-state index < -0.39 is 0 Å². The number of hydrogen-bond donors (Lipinski definition) is 1. The van der Waals surface area contributed by atoms with Crippen molar-refractivity contribution in [3.63, 3.8) is 0 Å². The number of nitrogens with one attached hydrogen (secondary N) is 1. The highest BCUT2D eigenvalue weighted by atomic mass is 32.2. The monoisotopic (exact) mass is 301 g/mol. The maximum atomic E-state index is 12.4. The van der Waals surface area contributed by atoms with Crippen molar-refractivity contribution < 1.29 is 4.79 Å². The van der Waals surface area contributed by atoms with Crippen LogP contribution >= 0.6 is 11.8 Å². The van der Waals surface area contributed by atoms with Gasteiger partial charge in [-0.15, -0.1) is 0 Å². The largest absolute Gasteiger partial charge is 0.312 e. The molecule has 21 heavy (non-hydrogen) atoms. The van der Waals surface area contributed by atoms with Crippen molar-refractivity contribution in [1.29, 1.82) is 0 Å². The number of carbonyl (C=O) groups excluding carboxylic acids is 1. The molecule has 1 aromatic heterocycles. The summed E-state index contributed by atoms with van der Waals surface area (Å²) in [6.07, 6.45) is 2.13. The molecule has 2 aromatic rings. The lowest BCUT2D eigenvalue weighted by Crippen LogP contribution is -2.33. The fourth-order valence-electron chi connectivity index (χ4n) is 2.69. The second kappa shape index (κ2) is 5.37. The van der Waals surface area contributed by atoms with Crippen LogP contribution in [0.5, 0.6) is 0 Å². The van der Waals surface area contributed by atoms with Crippen LogP contribution in [-0.2, 0) is 11.8 Å². The molecule has 2 heterocycles. The van der Waals surface area contributed by atoms with Gasteiger partial charge in [0, 0.05) is 19.4 Å². The first-order valence-corrected chi connectivity index (χ1v) is 7.84. The van der Waals surface area contributed by atoms with Crippen LogP contribution in [0.4, 0.5) is 5.82 Å². The number of thioether (sulfide) groups is 1. The number of fused-ring (bicyclic) bond motifs is 1. The van der Waals surface area contributed by atoms with Crippen molar-refractivity contribution in [2.75, 3.05) is 11.6 Å². The molecule has 5 nitrogen and oxygen atoms in total. The Morgan fingerprint density at radius 2 is 2.00 bits per heavy atom. The predicted octanol–water partition coefficient (Wildman–Crippen LogP) is 1.98. The topological polar surface area (TPSA) is 64.0 Å². The molecule has 6 heteroatoms. The van der Waals surface area contributed by atoms with E-state index in [-0.39, 0.29) is 23.8 Å². The predicted molar refractivity (Wildman–Crippen MR) is 82.8 cm³/mol. The van der Waals surface area contributed by atoms with Gasteiger partial charge in [-0.2, -0.15) is 4.98 Å². The number of rotatable bonds is 2. The van der Waals surface area contributed by atoms with Gasteiger partial charge in [0.15, 0.2) is 5.16 Å². The van der Waals surface area contributed by atoms with E-state index in [1.807, 2.05) is 43.6 Å². The van der Waals surface area contributed by atoms with Gasteiger partial charge in [0.25, 0.3) is 5.56 Å². The van der Waals surface area contributed by atoms with Gasteiger partial charge in [-0.25, -0.2) is 0 Å². The van der Waals surface area contributed by atoms with Gasteiger partial charge >= 0.3 is 0 Å². The summed E-state index contributed by atoms with van der Waals surface area (Å²) >= 11 is 1.38. The molecule has 1 aromatic carbocycles. The molecular formula is C15H15N3O2S. The average molecular weight is 301 g/mol. The maximum absolute atomic E-state index is 12.4. The minimum absolute atomic E-state index is 0.0791. The fourth-order valence-corrected chi connectivity index (χ4v) is 3.23. The summed E-state index contributed by atoms with van der Waals surface area (Å²) < 4.78 is 1.77. The van der Waals surface area contributed by atoms with Crippen LogP contribution in [-0.4, -0.2) is 21.7 Å². The number of carbonyl (C=O) groups is 1. The number of nitrogens with zero attached hydrogens (tertiary/aromatic N) is 2. The van der Waals surface area contributed by atoms with Crippen LogP contribution in [0.3, 0.4) is 0 Å². The maximum Gasteiger partial charge on any atom is 0.279 e. The number of anilines is 1. The van der Waals surface area contributed by atoms with Crippen molar-refractivity contribution >= 4 is 23.5 Å². The third-order valence-electron chi connectivity index (χ3n) is 3.69. The van der Waals surface area contributed by atoms with Gasteiger partial charge in [-0.3, -0.25) is 9.59 Å². The zero-order valence-corrected chi connectivity index (χ0v) is 12.6. The molecule has 1 unspecified atom stereocenters. The minimum Gasteiger partial charge on any atom is -0.312 e. The van der Waals surface area contributed by atoms with Crippen LogP contribution in [0.15, 0.2) is 40.3 Å². The molecule has 0 bridgehead atoms. The normalized spacial score (nSPS) is 17.2. The molecule has 0 radical (unpaired) electrons. The molecule has 0 saturated heterocycles.